The number of carbonyl (C=O) groups is 3. The standard InChI is InChI=1S/C32H28ClN3O7/c1-40-27-17-22(18-28(41-2)30(27)42-3)32(39)43-26-14-11-24(33)16-23(26)19-34-36-31(38)21-9-12-25(13-10-21)35-29(37)15-20-7-5-4-6-8-20/h4-14,16-19H,15H2,1-3H3,(H,35,37)(H,36,38)/b34-19+. The quantitative estimate of drug-likeness (QED) is 0.100. The average Bonchev–Trinajstić information content (AvgIpc) is 3.02. The van der Waals surface area contributed by atoms with Gasteiger partial charge in [0.1, 0.15) is 5.75 Å². The second-order valence-electron chi connectivity index (χ2n) is 8.97. The van der Waals surface area contributed by atoms with Gasteiger partial charge < -0.3 is 24.3 Å². The van der Waals surface area contributed by atoms with Gasteiger partial charge in [0.15, 0.2) is 11.5 Å². The normalized spacial score (nSPS) is 10.6. The molecule has 0 bridgehead atoms. The van der Waals surface area contributed by atoms with Crippen LogP contribution < -0.4 is 29.7 Å². The van der Waals surface area contributed by atoms with Crippen molar-refractivity contribution in [2.24, 2.45) is 5.10 Å². The second-order valence-corrected chi connectivity index (χ2v) is 9.41. The second kappa shape index (κ2) is 14.5. The van der Waals surface area contributed by atoms with Crippen LogP contribution >= 0.6 is 11.6 Å². The van der Waals surface area contributed by atoms with Crippen molar-refractivity contribution in [2.45, 2.75) is 6.42 Å². The molecule has 0 unspecified atom stereocenters. The summed E-state index contributed by atoms with van der Waals surface area (Å²) in [6, 6.07) is 23.3. The van der Waals surface area contributed by atoms with Gasteiger partial charge in [-0.2, -0.15) is 5.10 Å². The summed E-state index contributed by atoms with van der Waals surface area (Å²) in [7, 11) is 4.33. The molecule has 0 heterocycles. The number of nitrogens with one attached hydrogen (secondary N) is 2. The minimum atomic E-state index is -0.698. The molecule has 0 radical (unpaired) electrons. The number of benzene rings is 4. The third-order valence-electron chi connectivity index (χ3n) is 6.08. The van der Waals surface area contributed by atoms with Crippen LogP contribution in [0.5, 0.6) is 23.0 Å². The molecule has 2 amide bonds. The largest absolute Gasteiger partial charge is 0.493 e. The van der Waals surface area contributed by atoms with Crippen molar-refractivity contribution in [3.05, 3.63) is 112 Å². The van der Waals surface area contributed by atoms with E-state index in [-0.39, 0.29) is 35.1 Å². The predicted octanol–water partition coefficient (Wildman–Crippen LogP) is 5.53. The number of esters is 1. The summed E-state index contributed by atoms with van der Waals surface area (Å²) in [5, 5.41) is 7.16. The number of rotatable bonds is 11. The lowest BCUT2D eigenvalue weighted by molar-refractivity contribution is -0.115. The van der Waals surface area contributed by atoms with E-state index in [1.54, 1.807) is 30.3 Å². The molecule has 4 aromatic carbocycles. The Hall–Kier alpha value is -5.35. The highest BCUT2D eigenvalue weighted by atomic mass is 35.5. The summed E-state index contributed by atoms with van der Waals surface area (Å²) in [5.74, 6) is -0.297. The summed E-state index contributed by atoms with van der Waals surface area (Å²) in [5.41, 5.74) is 4.69. The molecule has 220 valence electrons. The van der Waals surface area contributed by atoms with Gasteiger partial charge in [-0.1, -0.05) is 41.9 Å². The fourth-order valence-corrected chi connectivity index (χ4v) is 4.17. The van der Waals surface area contributed by atoms with E-state index in [9.17, 15) is 14.4 Å². The lowest BCUT2D eigenvalue weighted by Gasteiger charge is -2.14. The van der Waals surface area contributed by atoms with E-state index in [1.807, 2.05) is 30.3 Å². The SMILES string of the molecule is COc1cc(C(=O)Oc2ccc(Cl)cc2/C=N/NC(=O)c2ccc(NC(=O)Cc3ccccc3)cc2)cc(OC)c1OC. The van der Waals surface area contributed by atoms with Crippen LogP contribution in [0.1, 0.15) is 31.8 Å². The van der Waals surface area contributed by atoms with Crippen molar-refractivity contribution < 1.29 is 33.3 Å². The highest BCUT2D eigenvalue weighted by Gasteiger charge is 2.19. The Morgan fingerprint density at radius 3 is 2.09 bits per heavy atom. The fourth-order valence-electron chi connectivity index (χ4n) is 3.99. The number of hydrogen-bond donors (Lipinski definition) is 2. The molecule has 0 saturated heterocycles. The third-order valence-corrected chi connectivity index (χ3v) is 6.32. The molecule has 43 heavy (non-hydrogen) atoms. The van der Waals surface area contributed by atoms with Gasteiger partial charge in [0.25, 0.3) is 5.91 Å². The first-order valence-corrected chi connectivity index (χ1v) is 13.3. The molecule has 0 spiro atoms. The maximum absolute atomic E-state index is 13.0. The van der Waals surface area contributed by atoms with Crippen LogP contribution in [0.25, 0.3) is 0 Å². The number of anilines is 1. The maximum Gasteiger partial charge on any atom is 0.343 e. The zero-order valence-electron chi connectivity index (χ0n) is 23.6. The highest BCUT2D eigenvalue weighted by Crippen LogP contribution is 2.38. The van der Waals surface area contributed by atoms with E-state index in [4.69, 9.17) is 30.5 Å². The molecular formula is C32H28ClN3O7. The van der Waals surface area contributed by atoms with E-state index >= 15 is 0 Å². The predicted molar refractivity (Wildman–Crippen MR) is 163 cm³/mol. The van der Waals surface area contributed by atoms with E-state index < -0.39 is 11.9 Å². The van der Waals surface area contributed by atoms with Crippen LogP contribution in [0, 0.1) is 0 Å². The minimum absolute atomic E-state index is 0.150. The molecule has 0 aliphatic rings. The zero-order valence-corrected chi connectivity index (χ0v) is 24.3. The van der Waals surface area contributed by atoms with Gasteiger partial charge in [-0.05, 0) is 60.2 Å². The van der Waals surface area contributed by atoms with Crippen LogP contribution in [0.4, 0.5) is 5.69 Å². The van der Waals surface area contributed by atoms with Gasteiger partial charge in [0.05, 0.1) is 39.5 Å². The number of nitrogens with zero attached hydrogens (tertiary/aromatic N) is 1. The zero-order chi connectivity index (χ0) is 30.8. The Morgan fingerprint density at radius 2 is 1.47 bits per heavy atom. The molecule has 0 atom stereocenters. The Bertz CT molecular complexity index is 1620. The summed E-state index contributed by atoms with van der Waals surface area (Å²) >= 11 is 6.15. The van der Waals surface area contributed by atoms with E-state index in [1.165, 1.54) is 51.8 Å². The Labute approximate surface area is 253 Å². The number of carbonyl (C=O) groups excluding carboxylic acids is 3. The highest BCUT2D eigenvalue weighted by molar-refractivity contribution is 6.31. The van der Waals surface area contributed by atoms with E-state index in [2.05, 4.69) is 15.8 Å². The molecule has 4 rings (SSSR count). The van der Waals surface area contributed by atoms with Crippen molar-refractivity contribution in [1.29, 1.82) is 0 Å². The maximum atomic E-state index is 13.0. The molecule has 0 aliphatic heterocycles. The number of hydrogen-bond acceptors (Lipinski definition) is 8. The van der Waals surface area contributed by atoms with Crippen LogP contribution in [-0.2, 0) is 11.2 Å². The topological polar surface area (TPSA) is 125 Å². The van der Waals surface area contributed by atoms with Crippen LogP contribution in [0.15, 0.2) is 90.0 Å². The minimum Gasteiger partial charge on any atom is -0.493 e. The Morgan fingerprint density at radius 1 is 0.791 bits per heavy atom. The molecule has 0 fully saturated rings. The first kappa shape index (κ1) is 30.6. The number of hydrazone groups is 1. The van der Waals surface area contributed by atoms with Gasteiger partial charge in [-0.15, -0.1) is 0 Å². The average molecular weight is 602 g/mol. The van der Waals surface area contributed by atoms with Crippen molar-refractivity contribution in [3.63, 3.8) is 0 Å². The van der Waals surface area contributed by atoms with Crippen LogP contribution in [0.3, 0.4) is 0 Å². The van der Waals surface area contributed by atoms with Gasteiger partial charge in [-0.25, -0.2) is 10.2 Å². The molecule has 2 N–H and O–H groups in total. The van der Waals surface area contributed by atoms with Gasteiger partial charge >= 0.3 is 5.97 Å². The molecule has 4 aromatic rings. The molecule has 11 heteroatoms. The fraction of sp³-hybridized carbons (Fsp3) is 0.125. The lowest BCUT2D eigenvalue weighted by Crippen LogP contribution is -2.18. The smallest absolute Gasteiger partial charge is 0.343 e. The lowest BCUT2D eigenvalue weighted by atomic mass is 10.1. The van der Waals surface area contributed by atoms with Gasteiger partial charge in [-0.3, -0.25) is 9.59 Å². The van der Waals surface area contributed by atoms with E-state index in [0.29, 0.717) is 27.6 Å². The van der Waals surface area contributed by atoms with Crippen molar-refractivity contribution in [1.82, 2.24) is 5.43 Å². The van der Waals surface area contributed by atoms with Crippen molar-refractivity contribution in [3.8, 4) is 23.0 Å². The molecule has 0 saturated carbocycles. The first-order valence-electron chi connectivity index (χ1n) is 12.9. The van der Waals surface area contributed by atoms with Crippen LogP contribution in [-0.4, -0.2) is 45.3 Å². The molecule has 0 aromatic heterocycles. The summed E-state index contributed by atoms with van der Waals surface area (Å²) in [4.78, 5) is 37.9. The molecule has 10 nitrogen and oxygen atoms in total. The van der Waals surface area contributed by atoms with Gasteiger partial charge in [0.2, 0.25) is 11.7 Å². The summed E-state index contributed by atoms with van der Waals surface area (Å²) < 4.78 is 21.5. The Kier molecular flexibility index (Phi) is 10.3. The number of amides is 2. The third kappa shape index (κ3) is 8.11. The van der Waals surface area contributed by atoms with Crippen molar-refractivity contribution >= 4 is 41.3 Å². The summed E-state index contributed by atoms with van der Waals surface area (Å²) in [6.07, 6.45) is 1.54. The number of halogens is 1. The Balaban J connectivity index is 1.40. The van der Waals surface area contributed by atoms with E-state index in [0.717, 1.165) is 5.56 Å². The van der Waals surface area contributed by atoms with Gasteiger partial charge in [0, 0.05) is 21.8 Å². The van der Waals surface area contributed by atoms with Crippen molar-refractivity contribution in [2.75, 3.05) is 26.6 Å². The molecule has 0 aliphatic carbocycles. The summed E-state index contributed by atoms with van der Waals surface area (Å²) in [6.45, 7) is 0. The number of ether oxygens (including phenoxy) is 4. The molecular weight excluding hydrogens is 574 g/mol. The van der Waals surface area contributed by atoms with Crippen LogP contribution in [0.2, 0.25) is 5.02 Å². The first-order chi connectivity index (χ1) is 20.8. The monoisotopic (exact) mass is 601 g/mol. The number of methoxy groups -OCH3 is 3.